The highest BCUT2D eigenvalue weighted by Crippen LogP contribution is 2.48. The molecule has 1 aromatic carbocycles. The molecule has 0 saturated heterocycles. The number of hydrogen-bond acceptors (Lipinski definition) is 2. The number of halogens is 1. The lowest BCUT2D eigenvalue weighted by molar-refractivity contribution is -0.144. The molecule has 2 nitrogen and oxygen atoms in total. The van der Waals surface area contributed by atoms with Gasteiger partial charge in [0.25, 0.3) is 0 Å². The van der Waals surface area contributed by atoms with E-state index in [0.29, 0.717) is 0 Å². The highest BCUT2D eigenvalue weighted by atomic mass is 19.1. The first kappa shape index (κ1) is 10.9. The van der Waals surface area contributed by atoms with E-state index in [4.69, 9.17) is 4.74 Å². The lowest BCUT2D eigenvalue weighted by Crippen LogP contribution is -2.07. The van der Waals surface area contributed by atoms with E-state index in [1.54, 1.807) is 18.2 Å². The third-order valence-corrected chi connectivity index (χ3v) is 2.73. The predicted molar refractivity (Wildman–Crippen MR) is 58.4 cm³/mol. The van der Waals surface area contributed by atoms with Crippen LogP contribution in [0.4, 0.5) is 4.39 Å². The lowest BCUT2D eigenvalue weighted by atomic mass is 10.1. The third kappa shape index (κ3) is 2.30. The van der Waals surface area contributed by atoms with Gasteiger partial charge in [-0.25, -0.2) is 4.39 Å². The molecule has 0 N–H and O–H groups in total. The van der Waals surface area contributed by atoms with Crippen molar-refractivity contribution in [1.29, 1.82) is 0 Å². The quantitative estimate of drug-likeness (QED) is 0.576. The second kappa shape index (κ2) is 4.47. The summed E-state index contributed by atoms with van der Waals surface area (Å²) in [7, 11) is 0. The van der Waals surface area contributed by atoms with Crippen molar-refractivity contribution in [3.8, 4) is 0 Å². The summed E-state index contributed by atoms with van der Waals surface area (Å²) in [5.74, 6) is -0.312. The minimum absolute atomic E-state index is 0.0644. The number of esters is 1. The van der Waals surface area contributed by atoms with Gasteiger partial charge in [0.1, 0.15) is 12.4 Å². The molecular formula is C13H13FO2. The van der Waals surface area contributed by atoms with Gasteiger partial charge in [-0.3, -0.25) is 4.79 Å². The van der Waals surface area contributed by atoms with Crippen LogP contribution in [0.5, 0.6) is 0 Å². The van der Waals surface area contributed by atoms with E-state index in [1.807, 2.05) is 0 Å². The van der Waals surface area contributed by atoms with Crippen LogP contribution in [0.25, 0.3) is 0 Å². The Morgan fingerprint density at radius 1 is 1.50 bits per heavy atom. The van der Waals surface area contributed by atoms with E-state index in [2.05, 4.69) is 6.58 Å². The first-order valence-electron chi connectivity index (χ1n) is 5.25. The van der Waals surface area contributed by atoms with Gasteiger partial charge < -0.3 is 4.74 Å². The minimum Gasteiger partial charge on any atom is -0.461 e. The predicted octanol–water partition coefficient (Wildman–Crippen LogP) is 2.66. The number of rotatable bonds is 4. The molecule has 84 valence electrons. The fourth-order valence-corrected chi connectivity index (χ4v) is 1.78. The zero-order valence-corrected chi connectivity index (χ0v) is 8.86. The van der Waals surface area contributed by atoms with Crippen molar-refractivity contribution < 1.29 is 13.9 Å². The molecule has 0 aliphatic heterocycles. The molecule has 16 heavy (non-hydrogen) atoms. The molecule has 1 fully saturated rings. The second-order valence-corrected chi connectivity index (χ2v) is 3.92. The SMILES string of the molecule is C=CCOC(=O)C1CC1c1ccc(F)cc1. The molecule has 0 bridgehead atoms. The maximum absolute atomic E-state index is 12.7. The average molecular weight is 220 g/mol. The highest BCUT2D eigenvalue weighted by molar-refractivity contribution is 5.77. The summed E-state index contributed by atoms with van der Waals surface area (Å²) in [5.41, 5.74) is 1.00. The first-order chi connectivity index (χ1) is 7.72. The van der Waals surface area contributed by atoms with Crippen molar-refractivity contribution in [2.75, 3.05) is 6.61 Å². The van der Waals surface area contributed by atoms with Crippen LogP contribution in [-0.2, 0) is 9.53 Å². The molecule has 1 aliphatic rings. The van der Waals surface area contributed by atoms with Gasteiger partial charge in [0.2, 0.25) is 0 Å². The number of benzene rings is 1. The summed E-state index contributed by atoms with van der Waals surface area (Å²) in [6.07, 6.45) is 2.34. The van der Waals surface area contributed by atoms with Crippen molar-refractivity contribution in [3.63, 3.8) is 0 Å². The van der Waals surface area contributed by atoms with Crippen LogP contribution < -0.4 is 0 Å². The molecule has 0 heterocycles. The topological polar surface area (TPSA) is 26.3 Å². The maximum Gasteiger partial charge on any atom is 0.309 e. The van der Waals surface area contributed by atoms with Crippen LogP contribution in [0.15, 0.2) is 36.9 Å². The summed E-state index contributed by atoms with van der Waals surface area (Å²) in [6.45, 7) is 3.74. The monoisotopic (exact) mass is 220 g/mol. The molecule has 1 aliphatic carbocycles. The van der Waals surface area contributed by atoms with Crippen LogP contribution in [-0.4, -0.2) is 12.6 Å². The summed E-state index contributed by atoms with van der Waals surface area (Å²) < 4.78 is 17.6. The fourth-order valence-electron chi connectivity index (χ4n) is 1.78. The van der Waals surface area contributed by atoms with Crippen LogP contribution in [0, 0.1) is 11.7 Å². The molecule has 0 radical (unpaired) electrons. The Labute approximate surface area is 93.7 Å². The standard InChI is InChI=1S/C13H13FO2/c1-2-7-16-13(15)12-8-11(12)9-3-5-10(14)6-4-9/h2-6,11-12H,1,7-8H2. The Balaban J connectivity index is 1.93. The van der Waals surface area contributed by atoms with Crippen molar-refractivity contribution >= 4 is 5.97 Å². The van der Waals surface area contributed by atoms with Gasteiger partial charge in [-0.1, -0.05) is 24.8 Å². The van der Waals surface area contributed by atoms with Crippen LogP contribution in [0.3, 0.4) is 0 Å². The van der Waals surface area contributed by atoms with Gasteiger partial charge in [-0.2, -0.15) is 0 Å². The number of hydrogen-bond donors (Lipinski definition) is 0. The zero-order chi connectivity index (χ0) is 11.5. The van der Waals surface area contributed by atoms with Crippen LogP contribution >= 0.6 is 0 Å². The van der Waals surface area contributed by atoms with E-state index >= 15 is 0 Å². The summed E-state index contributed by atoms with van der Waals surface area (Å²) in [6, 6.07) is 6.28. The second-order valence-electron chi connectivity index (χ2n) is 3.92. The van der Waals surface area contributed by atoms with E-state index < -0.39 is 0 Å². The van der Waals surface area contributed by atoms with Crippen molar-refractivity contribution in [1.82, 2.24) is 0 Å². The number of carbonyl (C=O) groups excluding carboxylic acids is 1. The van der Waals surface area contributed by atoms with E-state index in [0.717, 1.165) is 12.0 Å². The summed E-state index contributed by atoms with van der Waals surface area (Å²) in [5, 5.41) is 0. The first-order valence-corrected chi connectivity index (χ1v) is 5.25. The Hall–Kier alpha value is -1.64. The van der Waals surface area contributed by atoms with Crippen molar-refractivity contribution in [3.05, 3.63) is 48.3 Å². The Bertz CT molecular complexity index is 397. The molecule has 3 heteroatoms. The average Bonchev–Trinajstić information content (AvgIpc) is 3.07. The Morgan fingerprint density at radius 3 is 2.81 bits per heavy atom. The van der Waals surface area contributed by atoms with E-state index in [-0.39, 0.29) is 30.2 Å². The van der Waals surface area contributed by atoms with Gasteiger partial charge in [0, 0.05) is 0 Å². The number of carbonyl (C=O) groups is 1. The van der Waals surface area contributed by atoms with Gasteiger partial charge >= 0.3 is 5.97 Å². The zero-order valence-electron chi connectivity index (χ0n) is 8.86. The molecule has 0 amide bonds. The highest BCUT2D eigenvalue weighted by Gasteiger charge is 2.45. The molecule has 1 saturated carbocycles. The molecule has 2 unspecified atom stereocenters. The molecule has 1 aromatic rings. The van der Waals surface area contributed by atoms with Crippen LogP contribution in [0.2, 0.25) is 0 Å². The Kier molecular flexibility index (Phi) is 3.04. The summed E-state index contributed by atoms with van der Waals surface area (Å²) in [4.78, 5) is 11.5. The summed E-state index contributed by atoms with van der Waals surface area (Å²) >= 11 is 0. The molecule has 2 atom stereocenters. The third-order valence-electron chi connectivity index (χ3n) is 2.73. The number of ether oxygens (including phenoxy) is 1. The minimum atomic E-state index is -0.254. The molecule has 0 aromatic heterocycles. The van der Waals surface area contributed by atoms with E-state index in [1.165, 1.54) is 12.1 Å². The van der Waals surface area contributed by atoms with Gasteiger partial charge in [0.05, 0.1) is 5.92 Å². The van der Waals surface area contributed by atoms with Crippen molar-refractivity contribution in [2.24, 2.45) is 5.92 Å². The molecule has 0 spiro atoms. The van der Waals surface area contributed by atoms with Gasteiger partial charge in [-0.15, -0.1) is 0 Å². The van der Waals surface area contributed by atoms with Crippen molar-refractivity contribution in [2.45, 2.75) is 12.3 Å². The smallest absolute Gasteiger partial charge is 0.309 e. The lowest BCUT2D eigenvalue weighted by Gasteiger charge is -2.01. The Morgan fingerprint density at radius 2 is 2.19 bits per heavy atom. The molecule has 2 rings (SSSR count). The van der Waals surface area contributed by atoms with Gasteiger partial charge in [-0.05, 0) is 30.0 Å². The van der Waals surface area contributed by atoms with Crippen LogP contribution in [0.1, 0.15) is 17.9 Å². The van der Waals surface area contributed by atoms with Gasteiger partial charge in [0.15, 0.2) is 0 Å². The fraction of sp³-hybridized carbons (Fsp3) is 0.308. The largest absolute Gasteiger partial charge is 0.461 e. The molecular weight excluding hydrogens is 207 g/mol. The normalized spacial score (nSPS) is 22.6. The van der Waals surface area contributed by atoms with E-state index in [9.17, 15) is 9.18 Å². The maximum atomic E-state index is 12.7.